The molecule has 0 amide bonds. The molecule has 0 spiro atoms. The monoisotopic (exact) mass is 263 g/mol. The first-order valence-corrected chi connectivity index (χ1v) is 7.13. The van der Waals surface area contributed by atoms with Gasteiger partial charge in [0, 0.05) is 18.1 Å². The zero-order chi connectivity index (χ0) is 13.2. The molecule has 0 aliphatic heterocycles. The highest BCUT2D eigenvalue weighted by atomic mass is 32.2. The minimum Gasteiger partial charge on any atom is -0.382 e. The van der Waals surface area contributed by atoms with Crippen molar-refractivity contribution in [2.24, 2.45) is 0 Å². The second kappa shape index (κ2) is 4.66. The Morgan fingerprint density at radius 3 is 2.39 bits per heavy atom. The van der Waals surface area contributed by atoms with E-state index < -0.39 is 9.84 Å². The quantitative estimate of drug-likeness (QED) is 0.882. The van der Waals surface area contributed by atoms with Crippen molar-refractivity contribution in [2.45, 2.75) is 4.90 Å². The van der Waals surface area contributed by atoms with Gasteiger partial charge in [0.15, 0.2) is 9.84 Å². The maximum atomic E-state index is 11.3. The summed E-state index contributed by atoms with van der Waals surface area (Å²) in [7, 11) is -3.17. The predicted octanol–water partition coefficient (Wildman–Crippen LogP) is 1.81. The number of anilines is 3. The molecule has 1 aromatic carbocycles. The fourth-order valence-corrected chi connectivity index (χ4v) is 2.09. The number of aromatic nitrogens is 1. The molecular formula is C12H13N3O2S. The van der Waals surface area contributed by atoms with Gasteiger partial charge in [0.05, 0.1) is 10.6 Å². The summed E-state index contributed by atoms with van der Waals surface area (Å²) in [5, 5.41) is 3.07. The van der Waals surface area contributed by atoms with Crippen LogP contribution in [-0.2, 0) is 9.84 Å². The van der Waals surface area contributed by atoms with Crippen molar-refractivity contribution >= 4 is 27.0 Å². The van der Waals surface area contributed by atoms with E-state index in [1.54, 1.807) is 42.6 Å². The summed E-state index contributed by atoms with van der Waals surface area (Å²) in [6, 6.07) is 10.0. The number of rotatable bonds is 3. The Morgan fingerprint density at radius 1 is 1.17 bits per heavy atom. The number of pyridine rings is 1. The van der Waals surface area contributed by atoms with Crippen molar-refractivity contribution in [3.8, 4) is 0 Å². The Hall–Kier alpha value is -2.08. The van der Waals surface area contributed by atoms with Crippen LogP contribution in [0.25, 0.3) is 0 Å². The normalized spacial score (nSPS) is 11.2. The minimum atomic E-state index is -3.17. The summed E-state index contributed by atoms with van der Waals surface area (Å²) in [5.41, 5.74) is 7.13. The second-order valence-electron chi connectivity index (χ2n) is 3.86. The number of nitrogens with two attached hydrogens (primary N) is 1. The summed E-state index contributed by atoms with van der Waals surface area (Å²) in [5.74, 6) is 0.393. The van der Waals surface area contributed by atoms with Gasteiger partial charge < -0.3 is 11.1 Å². The van der Waals surface area contributed by atoms with Gasteiger partial charge in [0.25, 0.3) is 0 Å². The average Bonchev–Trinajstić information content (AvgIpc) is 2.32. The second-order valence-corrected chi connectivity index (χ2v) is 5.87. The predicted molar refractivity (Wildman–Crippen MR) is 71.5 cm³/mol. The van der Waals surface area contributed by atoms with E-state index >= 15 is 0 Å². The number of nitrogen functional groups attached to an aromatic ring is 1. The van der Waals surface area contributed by atoms with Crippen LogP contribution in [0.3, 0.4) is 0 Å². The molecule has 0 aliphatic rings. The van der Waals surface area contributed by atoms with Crippen LogP contribution in [0.2, 0.25) is 0 Å². The number of nitrogens with zero attached hydrogens (tertiary/aromatic N) is 1. The molecule has 0 bridgehead atoms. The molecule has 0 radical (unpaired) electrons. The molecule has 0 fully saturated rings. The summed E-state index contributed by atoms with van der Waals surface area (Å²) < 4.78 is 22.6. The van der Waals surface area contributed by atoms with Crippen LogP contribution in [0.4, 0.5) is 17.2 Å². The smallest absolute Gasteiger partial charge is 0.175 e. The molecule has 0 aliphatic carbocycles. The SMILES string of the molecule is CS(=O)(=O)c1ccc(Nc2cccnc2N)cc1. The van der Waals surface area contributed by atoms with E-state index in [4.69, 9.17) is 5.73 Å². The van der Waals surface area contributed by atoms with E-state index in [2.05, 4.69) is 10.3 Å². The topological polar surface area (TPSA) is 85.1 Å². The average molecular weight is 263 g/mol. The van der Waals surface area contributed by atoms with E-state index in [1.165, 1.54) is 6.26 Å². The molecule has 0 saturated heterocycles. The van der Waals surface area contributed by atoms with Crippen LogP contribution in [-0.4, -0.2) is 19.7 Å². The molecule has 18 heavy (non-hydrogen) atoms. The van der Waals surface area contributed by atoms with E-state index in [0.29, 0.717) is 11.5 Å². The van der Waals surface area contributed by atoms with Crippen LogP contribution in [0.5, 0.6) is 0 Å². The Labute approximate surface area is 106 Å². The lowest BCUT2D eigenvalue weighted by Gasteiger charge is -2.08. The maximum absolute atomic E-state index is 11.3. The van der Waals surface area contributed by atoms with Gasteiger partial charge in [0.1, 0.15) is 5.82 Å². The van der Waals surface area contributed by atoms with Crippen molar-refractivity contribution in [3.05, 3.63) is 42.6 Å². The summed E-state index contributed by atoms with van der Waals surface area (Å²) in [6.07, 6.45) is 2.78. The number of sulfone groups is 1. The molecule has 1 aromatic heterocycles. The highest BCUT2D eigenvalue weighted by Gasteiger charge is 2.06. The Kier molecular flexibility index (Phi) is 3.20. The highest BCUT2D eigenvalue weighted by molar-refractivity contribution is 7.90. The fraction of sp³-hybridized carbons (Fsp3) is 0.0833. The van der Waals surface area contributed by atoms with Gasteiger partial charge in [-0.15, -0.1) is 0 Å². The zero-order valence-electron chi connectivity index (χ0n) is 9.79. The molecule has 1 heterocycles. The lowest BCUT2D eigenvalue weighted by atomic mass is 10.3. The highest BCUT2D eigenvalue weighted by Crippen LogP contribution is 2.21. The molecule has 5 nitrogen and oxygen atoms in total. The van der Waals surface area contributed by atoms with Crippen LogP contribution in [0.15, 0.2) is 47.5 Å². The van der Waals surface area contributed by atoms with Gasteiger partial charge in [-0.2, -0.15) is 0 Å². The van der Waals surface area contributed by atoms with Gasteiger partial charge >= 0.3 is 0 Å². The van der Waals surface area contributed by atoms with Crippen molar-refractivity contribution in [1.82, 2.24) is 4.98 Å². The Balaban J connectivity index is 2.24. The third-order valence-electron chi connectivity index (χ3n) is 2.40. The van der Waals surface area contributed by atoms with Gasteiger partial charge in [0.2, 0.25) is 0 Å². The summed E-state index contributed by atoms with van der Waals surface area (Å²) in [4.78, 5) is 4.24. The molecule has 0 unspecified atom stereocenters. The molecule has 6 heteroatoms. The molecule has 3 N–H and O–H groups in total. The molecule has 2 aromatic rings. The molecule has 2 rings (SSSR count). The van der Waals surface area contributed by atoms with Crippen LogP contribution >= 0.6 is 0 Å². The van der Waals surface area contributed by atoms with Crippen LogP contribution in [0, 0.1) is 0 Å². The number of hydrogen-bond donors (Lipinski definition) is 2. The molecule has 0 saturated carbocycles. The third kappa shape index (κ3) is 2.78. The Morgan fingerprint density at radius 2 is 1.83 bits per heavy atom. The van der Waals surface area contributed by atoms with Crippen LogP contribution in [0.1, 0.15) is 0 Å². The van der Waals surface area contributed by atoms with Gasteiger partial charge in [-0.05, 0) is 36.4 Å². The maximum Gasteiger partial charge on any atom is 0.175 e. The van der Waals surface area contributed by atoms with Crippen molar-refractivity contribution in [1.29, 1.82) is 0 Å². The van der Waals surface area contributed by atoms with Gasteiger partial charge in [-0.25, -0.2) is 13.4 Å². The van der Waals surface area contributed by atoms with Gasteiger partial charge in [-0.1, -0.05) is 0 Å². The molecule has 94 valence electrons. The van der Waals surface area contributed by atoms with Gasteiger partial charge in [-0.3, -0.25) is 0 Å². The first-order chi connectivity index (χ1) is 8.47. The minimum absolute atomic E-state index is 0.284. The van der Waals surface area contributed by atoms with E-state index in [-0.39, 0.29) is 4.90 Å². The van der Waals surface area contributed by atoms with Crippen molar-refractivity contribution in [3.63, 3.8) is 0 Å². The van der Waals surface area contributed by atoms with Crippen LogP contribution < -0.4 is 11.1 Å². The van der Waals surface area contributed by atoms with E-state index in [9.17, 15) is 8.42 Å². The first kappa shape index (κ1) is 12.4. The number of nitrogens with one attached hydrogen (secondary N) is 1. The number of hydrogen-bond acceptors (Lipinski definition) is 5. The summed E-state index contributed by atoms with van der Waals surface area (Å²) >= 11 is 0. The number of benzene rings is 1. The Bertz CT molecular complexity index is 651. The lowest BCUT2D eigenvalue weighted by molar-refractivity contribution is 0.602. The standard InChI is InChI=1S/C12H13N3O2S/c1-18(16,17)10-6-4-9(5-7-10)15-11-3-2-8-14-12(11)13/h2-8,15H,1H3,(H2,13,14). The van der Waals surface area contributed by atoms with Crippen molar-refractivity contribution < 1.29 is 8.42 Å². The third-order valence-corrected chi connectivity index (χ3v) is 3.53. The zero-order valence-corrected chi connectivity index (χ0v) is 10.6. The lowest BCUT2D eigenvalue weighted by Crippen LogP contribution is -1.99. The first-order valence-electron chi connectivity index (χ1n) is 5.24. The fourth-order valence-electron chi connectivity index (χ4n) is 1.46. The largest absolute Gasteiger partial charge is 0.382 e. The molecular weight excluding hydrogens is 250 g/mol. The van der Waals surface area contributed by atoms with E-state index in [1.807, 2.05) is 0 Å². The van der Waals surface area contributed by atoms with E-state index in [0.717, 1.165) is 5.69 Å². The summed E-state index contributed by atoms with van der Waals surface area (Å²) in [6.45, 7) is 0. The molecule has 0 atom stereocenters. The van der Waals surface area contributed by atoms with Crippen molar-refractivity contribution in [2.75, 3.05) is 17.3 Å².